The Morgan fingerprint density at radius 3 is 2.42 bits per heavy atom. The minimum atomic E-state index is -4.69. The molecule has 1 aromatic heterocycles. The highest BCUT2D eigenvalue weighted by Crippen LogP contribution is 2.34. The van der Waals surface area contributed by atoms with Gasteiger partial charge in [-0.15, -0.1) is 0 Å². The average Bonchev–Trinajstić information content (AvgIpc) is 2.78. The Morgan fingerprint density at radius 2 is 1.79 bits per heavy atom. The number of alkyl halides is 3. The smallest absolute Gasteiger partial charge is 0.363 e. The van der Waals surface area contributed by atoms with Gasteiger partial charge >= 0.3 is 6.18 Å². The Labute approximate surface area is 184 Å². The van der Waals surface area contributed by atoms with Gasteiger partial charge in [-0.2, -0.15) is 17.5 Å². The van der Waals surface area contributed by atoms with Crippen LogP contribution in [0.1, 0.15) is 5.56 Å². The molecule has 0 bridgehead atoms. The number of hydrogen-bond acceptors (Lipinski definition) is 7. The molecule has 1 N–H and O–H groups in total. The molecular weight excluding hydrogens is 467 g/mol. The van der Waals surface area contributed by atoms with E-state index in [1.54, 1.807) is 4.90 Å². The SMILES string of the molecule is O=c1[nH]cnc2cc(N3CCN(S(=O)(=O)c4cccc(C(F)(F)F)c4)CC3)c([N+](=O)[O-])cc12. The molecule has 0 aliphatic carbocycles. The molecule has 14 heteroatoms. The molecule has 33 heavy (non-hydrogen) atoms. The van der Waals surface area contributed by atoms with Crippen LogP contribution >= 0.6 is 0 Å². The Balaban J connectivity index is 1.61. The van der Waals surface area contributed by atoms with Crippen LogP contribution in [0.5, 0.6) is 0 Å². The van der Waals surface area contributed by atoms with Crippen molar-refractivity contribution < 1.29 is 26.5 Å². The zero-order chi connectivity index (χ0) is 24.0. The third-order valence-electron chi connectivity index (χ3n) is 5.31. The standard InChI is InChI=1S/C19H16F3N5O5S/c20-19(21,22)12-2-1-3-13(8-12)33(31,32)26-6-4-25(5-7-26)16-10-15-14(9-17(16)27(29)30)18(28)24-11-23-15/h1-3,8-11H,4-7H2,(H,23,24,28). The monoisotopic (exact) mass is 483 g/mol. The van der Waals surface area contributed by atoms with Gasteiger partial charge in [-0.1, -0.05) is 6.07 Å². The number of nitro benzene ring substituents is 1. The molecule has 10 nitrogen and oxygen atoms in total. The van der Waals surface area contributed by atoms with E-state index in [0.29, 0.717) is 6.07 Å². The number of rotatable bonds is 4. The maximum atomic E-state index is 13.0. The molecule has 0 unspecified atom stereocenters. The van der Waals surface area contributed by atoms with Crippen molar-refractivity contribution in [2.24, 2.45) is 0 Å². The molecule has 2 heterocycles. The van der Waals surface area contributed by atoms with Gasteiger partial charge in [0.15, 0.2) is 0 Å². The highest BCUT2D eigenvalue weighted by atomic mass is 32.2. The molecule has 0 spiro atoms. The summed E-state index contributed by atoms with van der Waals surface area (Å²) in [5.74, 6) is 0. The molecular formula is C19H16F3N5O5S. The van der Waals surface area contributed by atoms with E-state index in [-0.39, 0.29) is 48.5 Å². The molecule has 2 aromatic carbocycles. The number of nitrogens with one attached hydrogen (secondary N) is 1. The summed E-state index contributed by atoms with van der Waals surface area (Å²) >= 11 is 0. The predicted octanol–water partition coefficient (Wildman–Crippen LogP) is 2.36. The van der Waals surface area contributed by atoms with E-state index in [1.807, 2.05) is 0 Å². The quantitative estimate of drug-likeness (QED) is 0.445. The summed E-state index contributed by atoms with van der Waals surface area (Å²) in [6.07, 6.45) is -3.52. The number of nitrogens with zero attached hydrogens (tertiary/aromatic N) is 4. The van der Waals surface area contributed by atoms with Gasteiger partial charge in [0.25, 0.3) is 11.2 Å². The van der Waals surface area contributed by atoms with E-state index in [0.717, 1.165) is 28.6 Å². The van der Waals surface area contributed by atoms with Crippen LogP contribution in [-0.4, -0.2) is 53.8 Å². The first-order valence-electron chi connectivity index (χ1n) is 9.56. The fourth-order valence-corrected chi connectivity index (χ4v) is 5.11. The number of anilines is 1. The van der Waals surface area contributed by atoms with Crippen molar-refractivity contribution in [3.8, 4) is 0 Å². The van der Waals surface area contributed by atoms with E-state index < -0.39 is 37.1 Å². The Kier molecular flexibility index (Phi) is 5.57. The lowest BCUT2D eigenvalue weighted by atomic mass is 10.1. The van der Waals surface area contributed by atoms with Crippen LogP contribution in [0.3, 0.4) is 0 Å². The molecule has 0 saturated carbocycles. The maximum Gasteiger partial charge on any atom is 0.416 e. The zero-order valence-corrected chi connectivity index (χ0v) is 17.6. The zero-order valence-electron chi connectivity index (χ0n) is 16.7. The highest BCUT2D eigenvalue weighted by molar-refractivity contribution is 7.89. The van der Waals surface area contributed by atoms with Crippen LogP contribution in [0.15, 0.2) is 52.4 Å². The van der Waals surface area contributed by atoms with Crippen LogP contribution in [0.4, 0.5) is 24.5 Å². The summed E-state index contributed by atoms with van der Waals surface area (Å²) in [7, 11) is -4.20. The van der Waals surface area contributed by atoms with Gasteiger partial charge in [0, 0.05) is 32.2 Å². The minimum Gasteiger partial charge on any atom is -0.363 e. The van der Waals surface area contributed by atoms with Crippen LogP contribution in [0, 0.1) is 10.1 Å². The summed E-state index contributed by atoms with van der Waals surface area (Å²) in [5.41, 5.74) is -1.54. The normalized spacial score (nSPS) is 15.7. The third-order valence-corrected chi connectivity index (χ3v) is 7.21. The molecule has 0 amide bonds. The number of hydrogen-bond donors (Lipinski definition) is 1. The average molecular weight is 483 g/mol. The number of aromatic nitrogens is 2. The summed E-state index contributed by atoms with van der Waals surface area (Å²) in [6, 6.07) is 5.99. The molecule has 0 radical (unpaired) electrons. The topological polar surface area (TPSA) is 130 Å². The van der Waals surface area contributed by atoms with Crippen LogP contribution < -0.4 is 10.5 Å². The number of benzene rings is 2. The molecule has 1 saturated heterocycles. The van der Waals surface area contributed by atoms with Gasteiger partial charge in [0.2, 0.25) is 10.0 Å². The number of halogens is 3. The van der Waals surface area contributed by atoms with Crippen LogP contribution in [-0.2, 0) is 16.2 Å². The Bertz CT molecular complexity index is 1400. The molecule has 1 aliphatic heterocycles. The first-order chi connectivity index (χ1) is 15.5. The lowest BCUT2D eigenvalue weighted by Gasteiger charge is -2.35. The van der Waals surface area contributed by atoms with Crippen molar-refractivity contribution in [1.82, 2.24) is 14.3 Å². The van der Waals surface area contributed by atoms with Crippen molar-refractivity contribution in [2.45, 2.75) is 11.1 Å². The van der Waals surface area contributed by atoms with Crippen molar-refractivity contribution in [3.05, 3.63) is 68.8 Å². The van der Waals surface area contributed by atoms with E-state index in [9.17, 15) is 36.5 Å². The molecule has 1 fully saturated rings. The first-order valence-corrected chi connectivity index (χ1v) is 11.0. The second-order valence-corrected chi connectivity index (χ2v) is 9.20. The van der Waals surface area contributed by atoms with E-state index in [1.165, 1.54) is 12.4 Å². The highest BCUT2D eigenvalue weighted by Gasteiger charge is 2.34. The van der Waals surface area contributed by atoms with E-state index in [2.05, 4.69) is 9.97 Å². The number of piperazine rings is 1. The van der Waals surface area contributed by atoms with Crippen LogP contribution in [0.2, 0.25) is 0 Å². The second-order valence-electron chi connectivity index (χ2n) is 7.26. The molecule has 174 valence electrons. The van der Waals surface area contributed by atoms with Crippen molar-refractivity contribution >= 4 is 32.3 Å². The minimum absolute atomic E-state index is 0.0405. The summed E-state index contributed by atoms with van der Waals surface area (Å²) in [6.45, 7) is -0.103. The van der Waals surface area contributed by atoms with Gasteiger partial charge in [-0.3, -0.25) is 14.9 Å². The van der Waals surface area contributed by atoms with Gasteiger partial charge in [0.1, 0.15) is 5.69 Å². The van der Waals surface area contributed by atoms with E-state index >= 15 is 0 Å². The fraction of sp³-hybridized carbons (Fsp3) is 0.263. The molecule has 3 aromatic rings. The van der Waals surface area contributed by atoms with Gasteiger partial charge < -0.3 is 9.88 Å². The summed E-state index contributed by atoms with van der Waals surface area (Å²) in [5, 5.41) is 11.6. The summed E-state index contributed by atoms with van der Waals surface area (Å²) < 4.78 is 65.7. The predicted molar refractivity (Wildman–Crippen MR) is 111 cm³/mol. The Hall–Kier alpha value is -3.52. The molecule has 0 atom stereocenters. The van der Waals surface area contributed by atoms with Crippen molar-refractivity contribution in [2.75, 3.05) is 31.1 Å². The molecule has 1 aliphatic rings. The van der Waals surface area contributed by atoms with Gasteiger partial charge in [0.05, 0.1) is 32.6 Å². The van der Waals surface area contributed by atoms with Gasteiger partial charge in [-0.05, 0) is 24.3 Å². The lowest BCUT2D eigenvalue weighted by Crippen LogP contribution is -2.48. The first kappa shape index (κ1) is 22.7. The number of sulfonamides is 1. The second kappa shape index (κ2) is 8.12. The molecule has 4 rings (SSSR count). The number of nitro groups is 1. The Morgan fingerprint density at radius 1 is 1.09 bits per heavy atom. The van der Waals surface area contributed by atoms with E-state index in [4.69, 9.17) is 0 Å². The fourth-order valence-electron chi connectivity index (χ4n) is 3.64. The van der Waals surface area contributed by atoms with Crippen LogP contribution in [0.25, 0.3) is 10.9 Å². The van der Waals surface area contributed by atoms with Crippen molar-refractivity contribution in [3.63, 3.8) is 0 Å². The number of H-pyrrole nitrogens is 1. The third kappa shape index (κ3) is 4.26. The number of aromatic amines is 1. The van der Waals surface area contributed by atoms with Crippen molar-refractivity contribution in [1.29, 1.82) is 0 Å². The lowest BCUT2D eigenvalue weighted by molar-refractivity contribution is -0.384. The largest absolute Gasteiger partial charge is 0.416 e. The van der Waals surface area contributed by atoms with Gasteiger partial charge in [-0.25, -0.2) is 13.4 Å². The maximum absolute atomic E-state index is 13.0. The summed E-state index contributed by atoms with van der Waals surface area (Å²) in [4.78, 5) is 30.3. The number of fused-ring (bicyclic) bond motifs is 1.